The molecule has 0 aliphatic carbocycles. The van der Waals surface area contributed by atoms with Gasteiger partial charge in [-0.2, -0.15) is 0 Å². The van der Waals surface area contributed by atoms with Gasteiger partial charge in [0.15, 0.2) is 5.13 Å². The van der Waals surface area contributed by atoms with E-state index in [9.17, 15) is 9.90 Å². The molecule has 1 amide bonds. The number of benzene rings is 1. The summed E-state index contributed by atoms with van der Waals surface area (Å²) in [6.07, 6.45) is 1.81. The van der Waals surface area contributed by atoms with Crippen molar-refractivity contribution in [3.63, 3.8) is 0 Å². The molecule has 1 aromatic carbocycles. The molecule has 1 aliphatic heterocycles. The summed E-state index contributed by atoms with van der Waals surface area (Å²) in [6.45, 7) is 3.83. The van der Waals surface area contributed by atoms with Crippen LogP contribution in [0.2, 0.25) is 0 Å². The highest BCUT2D eigenvalue weighted by molar-refractivity contribution is 7.15. The molecular formula is C15H18N4O2S. The molecule has 1 saturated heterocycles. The van der Waals surface area contributed by atoms with Gasteiger partial charge in [-0.3, -0.25) is 9.69 Å². The Morgan fingerprint density at radius 1 is 1.32 bits per heavy atom. The first kappa shape index (κ1) is 14.8. The number of piperazine rings is 1. The Kier molecular flexibility index (Phi) is 4.26. The molecule has 0 radical (unpaired) electrons. The molecule has 1 aliphatic rings. The molecule has 0 saturated carbocycles. The van der Waals surface area contributed by atoms with E-state index >= 15 is 0 Å². The van der Waals surface area contributed by atoms with Gasteiger partial charge in [0.25, 0.3) is 5.91 Å². The number of phenols is 1. The van der Waals surface area contributed by atoms with Crippen LogP contribution in [0.3, 0.4) is 0 Å². The molecule has 0 unspecified atom stereocenters. The van der Waals surface area contributed by atoms with Gasteiger partial charge in [-0.25, -0.2) is 4.98 Å². The van der Waals surface area contributed by atoms with E-state index in [2.05, 4.69) is 9.88 Å². The highest BCUT2D eigenvalue weighted by Crippen LogP contribution is 2.18. The van der Waals surface area contributed by atoms with Crippen molar-refractivity contribution in [2.45, 2.75) is 6.54 Å². The summed E-state index contributed by atoms with van der Waals surface area (Å²) in [6, 6.07) is 6.49. The summed E-state index contributed by atoms with van der Waals surface area (Å²) in [7, 11) is 0. The van der Waals surface area contributed by atoms with E-state index in [0.29, 0.717) is 23.8 Å². The van der Waals surface area contributed by atoms with Crippen molar-refractivity contribution < 1.29 is 9.90 Å². The van der Waals surface area contributed by atoms with E-state index in [4.69, 9.17) is 5.73 Å². The summed E-state index contributed by atoms with van der Waals surface area (Å²) in [5, 5.41) is 10.1. The number of hydrogen-bond donors (Lipinski definition) is 2. The largest absolute Gasteiger partial charge is 0.508 e. The maximum atomic E-state index is 12.4. The second-order valence-electron chi connectivity index (χ2n) is 5.28. The molecule has 116 valence electrons. The first-order valence-electron chi connectivity index (χ1n) is 7.12. The van der Waals surface area contributed by atoms with Gasteiger partial charge in [-0.05, 0) is 18.2 Å². The molecule has 1 fully saturated rings. The topological polar surface area (TPSA) is 82.7 Å². The van der Waals surface area contributed by atoms with Crippen LogP contribution in [0.4, 0.5) is 5.13 Å². The number of anilines is 1. The number of carbonyl (C=O) groups excluding carboxylic acids is 1. The average Bonchev–Trinajstić information content (AvgIpc) is 2.92. The van der Waals surface area contributed by atoms with Crippen molar-refractivity contribution in [3.8, 4) is 5.75 Å². The molecule has 1 aromatic heterocycles. The van der Waals surface area contributed by atoms with Crippen LogP contribution in [0.25, 0.3) is 0 Å². The van der Waals surface area contributed by atoms with Crippen LogP contribution in [0.5, 0.6) is 5.75 Å². The summed E-state index contributed by atoms with van der Waals surface area (Å²) < 4.78 is 0. The lowest BCUT2D eigenvalue weighted by atomic mass is 10.1. The van der Waals surface area contributed by atoms with Crippen molar-refractivity contribution in [3.05, 3.63) is 40.9 Å². The number of hydrogen-bond acceptors (Lipinski definition) is 6. The number of carbonyl (C=O) groups is 1. The number of aromatic nitrogens is 1. The molecule has 0 atom stereocenters. The highest BCUT2D eigenvalue weighted by atomic mass is 32.1. The zero-order valence-corrected chi connectivity index (χ0v) is 12.9. The van der Waals surface area contributed by atoms with Crippen LogP contribution >= 0.6 is 11.3 Å². The molecule has 6 nitrogen and oxygen atoms in total. The Morgan fingerprint density at radius 3 is 2.73 bits per heavy atom. The fourth-order valence-electron chi connectivity index (χ4n) is 2.55. The predicted octanol–water partition coefficient (Wildman–Crippen LogP) is 1.39. The van der Waals surface area contributed by atoms with Gasteiger partial charge in [-0.15, -0.1) is 11.3 Å². The number of rotatable bonds is 3. The lowest BCUT2D eigenvalue weighted by Crippen LogP contribution is -2.48. The van der Waals surface area contributed by atoms with Crippen LogP contribution in [0.1, 0.15) is 15.2 Å². The third-order valence-corrected chi connectivity index (χ3v) is 4.51. The second kappa shape index (κ2) is 6.33. The van der Waals surface area contributed by atoms with Crippen LogP contribution in [0, 0.1) is 0 Å². The SMILES string of the molecule is Nc1ncc(CN2CCN(C(=O)c3cccc(O)c3)CC2)s1. The van der Waals surface area contributed by atoms with Gasteiger partial charge in [0.1, 0.15) is 5.75 Å². The zero-order chi connectivity index (χ0) is 15.5. The van der Waals surface area contributed by atoms with E-state index in [1.807, 2.05) is 11.1 Å². The lowest BCUT2D eigenvalue weighted by Gasteiger charge is -2.34. The van der Waals surface area contributed by atoms with Gasteiger partial charge in [-0.1, -0.05) is 6.07 Å². The minimum Gasteiger partial charge on any atom is -0.508 e. The number of aromatic hydroxyl groups is 1. The Labute approximate surface area is 132 Å². The maximum Gasteiger partial charge on any atom is 0.254 e. The summed E-state index contributed by atoms with van der Waals surface area (Å²) in [5.41, 5.74) is 6.17. The Hall–Kier alpha value is -2.12. The Bertz CT molecular complexity index is 665. The van der Waals surface area contributed by atoms with E-state index in [-0.39, 0.29) is 11.7 Å². The van der Waals surface area contributed by atoms with Gasteiger partial charge in [0.05, 0.1) is 0 Å². The molecule has 7 heteroatoms. The fourth-order valence-corrected chi connectivity index (χ4v) is 3.27. The smallest absolute Gasteiger partial charge is 0.254 e. The highest BCUT2D eigenvalue weighted by Gasteiger charge is 2.22. The minimum absolute atomic E-state index is 0.0300. The van der Waals surface area contributed by atoms with E-state index in [1.165, 1.54) is 17.4 Å². The zero-order valence-electron chi connectivity index (χ0n) is 12.1. The number of nitrogens with two attached hydrogens (primary N) is 1. The summed E-state index contributed by atoms with van der Waals surface area (Å²) in [5.74, 6) is 0.0878. The second-order valence-corrected chi connectivity index (χ2v) is 6.43. The molecule has 0 spiro atoms. The van der Waals surface area contributed by atoms with Crippen molar-refractivity contribution in [2.24, 2.45) is 0 Å². The van der Waals surface area contributed by atoms with Gasteiger partial charge < -0.3 is 15.7 Å². The van der Waals surface area contributed by atoms with Crippen LogP contribution < -0.4 is 5.73 Å². The third-order valence-electron chi connectivity index (χ3n) is 3.70. The first-order chi connectivity index (χ1) is 10.6. The minimum atomic E-state index is -0.0300. The third kappa shape index (κ3) is 3.37. The van der Waals surface area contributed by atoms with E-state index < -0.39 is 0 Å². The van der Waals surface area contributed by atoms with E-state index in [0.717, 1.165) is 24.5 Å². The fraction of sp³-hybridized carbons (Fsp3) is 0.333. The van der Waals surface area contributed by atoms with Gasteiger partial charge in [0, 0.05) is 49.4 Å². The molecule has 2 heterocycles. The number of phenolic OH excluding ortho intramolecular Hbond substituents is 1. The summed E-state index contributed by atoms with van der Waals surface area (Å²) >= 11 is 1.50. The molecular weight excluding hydrogens is 300 g/mol. The molecule has 22 heavy (non-hydrogen) atoms. The van der Waals surface area contributed by atoms with E-state index in [1.54, 1.807) is 18.2 Å². The normalized spacial score (nSPS) is 15.9. The summed E-state index contributed by atoms with van der Waals surface area (Å²) in [4.78, 5) is 21.7. The van der Waals surface area contributed by atoms with Crippen LogP contribution in [-0.2, 0) is 6.54 Å². The Balaban J connectivity index is 1.56. The predicted molar refractivity (Wildman–Crippen MR) is 85.8 cm³/mol. The quantitative estimate of drug-likeness (QED) is 0.893. The number of thiazole rings is 1. The Morgan fingerprint density at radius 2 is 2.09 bits per heavy atom. The van der Waals surface area contributed by atoms with Gasteiger partial charge in [0.2, 0.25) is 0 Å². The number of nitrogens with zero attached hydrogens (tertiary/aromatic N) is 3. The average molecular weight is 318 g/mol. The van der Waals surface area contributed by atoms with Gasteiger partial charge >= 0.3 is 0 Å². The molecule has 2 aromatic rings. The van der Waals surface area contributed by atoms with Crippen LogP contribution in [-0.4, -0.2) is 52.0 Å². The standard InChI is InChI=1S/C15H18N4O2S/c16-15-17-9-13(22-15)10-18-4-6-19(7-5-18)14(21)11-2-1-3-12(20)8-11/h1-3,8-9,20H,4-7,10H2,(H2,16,17). The molecule has 3 N–H and O–H groups in total. The first-order valence-corrected chi connectivity index (χ1v) is 7.94. The van der Waals surface area contributed by atoms with Crippen molar-refractivity contribution in [2.75, 3.05) is 31.9 Å². The van der Waals surface area contributed by atoms with Crippen LogP contribution in [0.15, 0.2) is 30.5 Å². The van der Waals surface area contributed by atoms with Crippen molar-refractivity contribution in [1.29, 1.82) is 0 Å². The number of amides is 1. The molecule has 0 bridgehead atoms. The lowest BCUT2D eigenvalue weighted by molar-refractivity contribution is 0.0629. The number of nitrogen functional groups attached to an aromatic ring is 1. The molecule has 3 rings (SSSR count). The monoisotopic (exact) mass is 318 g/mol. The van der Waals surface area contributed by atoms with Crippen molar-refractivity contribution >= 4 is 22.4 Å². The van der Waals surface area contributed by atoms with Crippen molar-refractivity contribution in [1.82, 2.24) is 14.8 Å². The maximum absolute atomic E-state index is 12.4.